The zero-order valence-electron chi connectivity index (χ0n) is 9.77. The van der Waals surface area contributed by atoms with E-state index in [-0.39, 0.29) is 0 Å². The summed E-state index contributed by atoms with van der Waals surface area (Å²) in [5.74, 6) is 0. The molecule has 1 heterocycles. The van der Waals surface area contributed by atoms with E-state index in [9.17, 15) is 0 Å². The molecule has 1 saturated heterocycles. The van der Waals surface area contributed by atoms with Crippen molar-refractivity contribution in [1.29, 1.82) is 0 Å². The Labute approximate surface area is 83.5 Å². The summed E-state index contributed by atoms with van der Waals surface area (Å²) >= 11 is 0. The lowest BCUT2D eigenvalue weighted by atomic mass is 9.80. The minimum Gasteiger partial charge on any atom is -0.300 e. The number of likely N-dealkylation sites (tertiary alicyclic amines) is 1. The Morgan fingerprint density at radius 3 is 2.46 bits per heavy atom. The van der Waals surface area contributed by atoms with Gasteiger partial charge in [-0.05, 0) is 37.8 Å². The van der Waals surface area contributed by atoms with E-state index < -0.39 is 0 Å². The second-order valence-corrected chi connectivity index (χ2v) is 5.41. The molecule has 1 aliphatic heterocycles. The first kappa shape index (κ1) is 11.0. The van der Waals surface area contributed by atoms with Crippen LogP contribution in [0.3, 0.4) is 0 Å². The minimum atomic E-state index is 0.468. The molecule has 1 fully saturated rings. The molecular formula is C12H25N. The maximum Gasteiger partial charge on any atom is 0.0144 e. The van der Waals surface area contributed by atoms with Gasteiger partial charge in [0.2, 0.25) is 0 Å². The predicted octanol–water partition coefficient (Wildman–Crippen LogP) is 3.30. The fourth-order valence-electron chi connectivity index (χ4n) is 2.53. The fourth-order valence-corrected chi connectivity index (χ4v) is 2.53. The van der Waals surface area contributed by atoms with Crippen molar-refractivity contribution < 1.29 is 0 Å². The van der Waals surface area contributed by atoms with Gasteiger partial charge < -0.3 is 0 Å². The first-order valence-corrected chi connectivity index (χ1v) is 5.79. The van der Waals surface area contributed by atoms with Gasteiger partial charge >= 0.3 is 0 Å². The molecule has 13 heavy (non-hydrogen) atoms. The van der Waals surface area contributed by atoms with E-state index in [1.54, 1.807) is 0 Å². The van der Waals surface area contributed by atoms with Crippen LogP contribution in [0.2, 0.25) is 0 Å². The highest BCUT2D eigenvalue weighted by molar-refractivity contribution is 4.85. The summed E-state index contributed by atoms with van der Waals surface area (Å²) in [6, 6.07) is 0.821. The van der Waals surface area contributed by atoms with Crippen LogP contribution in [-0.2, 0) is 0 Å². The van der Waals surface area contributed by atoms with Crippen LogP contribution in [0.1, 0.15) is 53.4 Å². The third kappa shape index (κ3) is 2.98. The fraction of sp³-hybridized carbons (Fsp3) is 1.00. The molecule has 1 aliphatic rings. The Balaban J connectivity index is 2.56. The summed E-state index contributed by atoms with van der Waals surface area (Å²) in [4.78, 5) is 2.70. The quantitative estimate of drug-likeness (QED) is 0.635. The Hall–Kier alpha value is -0.0400. The zero-order chi connectivity index (χ0) is 9.90. The van der Waals surface area contributed by atoms with Gasteiger partial charge in [0, 0.05) is 6.04 Å². The van der Waals surface area contributed by atoms with Crippen molar-refractivity contribution in [3.05, 3.63) is 0 Å². The maximum atomic E-state index is 2.70. The Bertz CT molecular complexity index is 144. The summed E-state index contributed by atoms with van der Waals surface area (Å²) in [5, 5.41) is 0. The van der Waals surface area contributed by atoms with Crippen molar-refractivity contribution in [3.8, 4) is 0 Å². The van der Waals surface area contributed by atoms with Gasteiger partial charge in [0.05, 0.1) is 0 Å². The van der Waals surface area contributed by atoms with Gasteiger partial charge in [-0.15, -0.1) is 0 Å². The van der Waals surface area contributed by atoms with Gasteiger partial charge in [0.15, 0.2) is 0 Å². The molecule has 1 atom stereocenters. The van der Waals surface area contributed by atoms with E-state index in [4.69, 9.17) is 0 Å². The highest BCUT2D eigenvalue weighted by Crippen LogP contribution is 2.31. The topological polar surface area (TPSA) is 3.24 Å². The summed E-state index contributed by atoms with van der Waals surface area (Å²) in [7, 11) is 0. The predicted molar refractivity (Wildman–Crippen MR) is 59.0 cm³/mol. The molecule has 0 saturated carbocycles. The van der Waals surface area contributed by atoms with Crippen LogP contribution in [0.25, 0.3) is 0 Å². The largest absolute Gasteiger partial charge is 0.300 e. The average Bonchev–Trinajstić information content (AvgIpc) is 2.04. The number of hydrogen-bond donors (Lipinski definition) is 0. The minimum absolute atomic E-state index is 0.468. The molecule has 0 amide bonds. The molecule has 1 unspecified atom stereocenters. The van der Waals surface area contributed by atoms with Crippen molar-refractivity contribution in [2.45, 2.75) is 59.4 Å². The second-order valence-electron chi connectivity index (χ2n) is 5.41. The number of rotatable bonds is 2. The first-order valence-electron chi connectivity index (χ1n) is 5.79. The normalized spacial score (nSPS) is 26.3. The van der Waals surface area contributed by atoms with Gasteiger partial charge in [-0.3, -0.25) is 4.90 Å². The van der Waals surface area contributed by atoms with Crippen LogP contribution in [0.5, 0.6) is 0 Å². The van der Waals surface area contributed by atoms with Crippen LogP contribution in [0.15, 0.2) is 0 Å². The molecule has 78 valence electrons. The van der Waals surface area contributed by atoms with Gasteiger partial charge in [0.25, 0.3) is 0 Å². The first-order chi connectivity index (χ1) is 6.05. The van der Waals surface area contributed by atoms with Crippen molar-refractivity contribution >= 4 is 0 Å². The SMILES string of the molecule is CCCN1CCCCC1C(C)(C)C. The highest BCUT2D eigenvalue weighted by Gasteiger charge is 2.31. The van der Waals surface area contributed by atoms with E-state index in [1.165, 1.54) is 38.8 Å². The van der Waals surface area contributed by atoms with Crippen LogP contribution in [0, 0.1) is 5.41 Å². The molecule has 0 radical (unpaired) electrons. The van der Waals surface area contributed by atoms with E-state index >= 15 is 0 Å². The smallest absolute Gasteiger partial charge is 0.0144 e. The Kier molecular flexibility index (Phi) is 3.78. The van der Waals surface area contributed by atoms with Crippen molar-refractivity contribution in [1.82, 2.24) is 4.90 Å². The van der Waals surface area contributed by atoms with Gasteiger partial charge in [0.1, 0.15) is 0 Å². The Morgan fingerprint density at radius 1 is 1.23 bits per heavy atom. The molecule has 0 bridgehead atoms. The lowest BCUT2D eigenvalue weighted by Crippen LogP contribution is -2.47. The van der Waals surface area contributed by atoms with Gasteiger partial charge in [-0.1, -0.05) is 34.1 Å². The average molecular weight is 183 g/mol. The van der Waals surface area contributed by atoms with Crippen LogP contribution < -0.4 is 0 Å². The summed E-state index contributed by atoms with van der Waals surface area (Å²) in [5.41, 5.74) is 0.468. The Morgan fingerprint density at radius 2 is 1.92 bits per heavy atom. The lowest BCUT2D eigenvalue weighted by molar-refractivity contribution is 0.0641. The molecule has 0 aliphatic carbocycles. The molecule has 0 aromatic carbocycles. The van der Waals surface area contributed by atoms with Crippen molar-refractivity contribution in [2.75, 3.05) is 13.1 Å². The number of piperidine rings is 1. The summed E-state index contributed by atoms with van der Waals surface area (Å²) in [6.07, 6.45) is 5.55. The van der Waals surface area contributed by atoms with Gasteiger partial charge in [-0.25, -0.2) is 0 Å². The molecule has 1 nitrogen and oxygen atoms in total. The van der Waals surface area contributed by atoms with E-state index in [0.717, 1.165) is 6.04 Å². The molecule has 1 heteroatoms. The summed E-state index contributed by atoms with van der Waals surface area (Å²) in [6.45, 7) is 12.1. The van der Waals surface area contributed by atoms with Crippen LogP contribution in [0.4, 0.5) is 0 Å². The molecule has 0 aromatic rings. The highest BCUT2D eigenvalue weighted by atomic mass is 15.2. The van der Waals surface area contributed by atoms with E-state index in [1.807, 2.05) is 0 Å². The molecular weight excluding hydrogens is 158 g/mol. The van der Waals surface area contributed by atoms with Crippen molar-refractivity contribution in [3.63, 3.8) is 0 Å². The molecule has 0 spiro atoms. The van der Waals surface area contributed by atoms with Crippen LogP contribution in [-0.4, -0.2) is 24.0 Å². The summed E-state index contributed by atoms with van der Waals surface area (Å²) < 4.78 is 0. The monoisotopic (exact) mass is 183 g/mol. The zero-order valence-corrected chi connectivity index (χ0v) is 9.77. The standard InChI is InChI=1S/C12H25N/c1-5-9-13-10-7-6-8-11(13)12(2,3)4/h11H,5-10H2,1-4H3. The second kappa shape index (κ2) is 4.45. The van der Waals surface area contributed by atoms with Gasteiger partial charge in [-0.2, -0.15) is 0 Å². The number of hydrogen-bond acceptors (Lipinski definition) is 1. The molecule has 0 aromatic heterocycles. The third-order valence-electron chi connectivity index (χ3n) is 3.12. The lowest BCUT2D eigenvalue weighted by Gasteiger charge is -2.43. The molecule has 1 rings (SSSR count). The van der Waals surface area contributed by atoms with Crippen molar-refractivity contribution in [2.24, 2.45) is 5.41 Å². The third-order valence-corrected chi connectivity index (χ3v) is 3.12. The molecule has 0 N–H and O–H groups in total. The van der Waals surface area contributed by atoms with E-state index in [0.29, 0.717) is 5.41 Å². The van der Waals surface area contributed by atoms with E-state index in [2.05, 4.69) is 32.6 Å². The maximum absolute atomic E-state index is 2.70. The number of nitrogens with zero attached hydrogens (tertiary/aromatic N) is 1. The van der Waals surface area contributed by atoms with Crippen LogP contribution >= 0.6 is 0 Å².